The van der Waals surface area contributed by atoms with Crippen LogP contribution in [0, 0.1) is 0 Å². The molecule has 0 aliphatic carbocycles. The van der Waals surface area contributed by atoms with E-state index < -0.39 is 0 Å². The monoisotopic (exact) mass is 176 g/mol. The van der Waals surface area contributed by atoms with E-state index in [9.17, 15) is 0 Å². The molecule has 2 N–H and O–H groups in total. The summed E-state index contributed by atoms with van der Waals surface area (Å²) in [5.41, 5.74) is 7.42. The molecule has 0 radical (unpaired) electrons. The Kier molecular flexibility index (Phi) is 1.98. The van der Waals surface area contributed by atoms with Gasteiger partial charge < -0.3 is 10.3 Å². The molecule has 0 amide bonds. The maximum Gasteiger partial charge on any atom is 0.160 e. The first-order valence-electron chi connectivity index (χ1n) is 4.37. The zero-order valence-corrected chi connectivity index (χ0v) is 7.57. The first-order valence-corrected chi connectivity index (χ1v) is 4.37. The van der Waals surface area contributed by atoms with Crippen LogP contribution in [0.25, 0.3) is 11.2 Å². The van der Waals surface area contributed by atoms with E-state index in [0.29, 0.717) is 6.54 Å². The Bertz CT molecular complexity index is 418. The van der Waals surface area contributed by atoms with E-state index in [2.05, 4.69) is 16.9 Å². The summed E-state index contributed by atoms with van der Waals surface area (Å²) < 4.78 is 2.04. The van der Waals surface area contributed by atoms with Crippen LogP contribution in [-0.4, -0.2) is 14.5 Å². The third-order valence-corrected chi connectivity index (χ3v) is 2.08. The number of hydrogen-bond acceptors (Lipinski definition) is 3. The number of hydrogen-bond donors (Lipinski definition) is 1. The Morgan fingerprint density at radius 1 is 1.54 bits per heavy atom. The molecule has 4 nitrogen and oxygen atoms in total. The van der Waals surface area contributed by atoms with E-state index in [1.54, 1.807) is 6.20 Å². The van der Waals surface area contributed by atoms with E-state index in [0.717, 1.165) is 23.5 Å². The lowest BCUT2D eigenvalue weighted by Crippen LogP contribution is -2.07. The van der Waals surface area contributed by atoms with Crippen LogP contribution in [-0.2, 0) is 13.1 Å². The van der Waals surface area contributed by atoms with Crippen molar-refractivity contribution in [1.29, 1.82) is 0 Å². The Morgan fingerprint density at radius 2 is 2.38 bits per heavy atom. The molecule has 0 bridgehead atoms. The standard InChI is InChI=1S/C9H12N4/c1-2-13-8(6-10)12-7-4-3-5-11-9(7)13/h3-5H,2,6,10H2,1H3. The van der Waals surface area contributed by atoms with Crippen LogP contribution >= 0.6 is 0 Å². The number of fused-ring (bicyclic) bond motifs is 1. The van der Waals surface area contributed by atoms with Gasteiger partial charge in [-0.15, -0.1) is 0 Å². The highest BCUT2D eigenvalue weighted by Gasteiger charge is 2.07. The summed E-state index contributed by atoms with van der Waals surface area (Å²) in [6, 6.07) is 3.84. The summed E-state index contributed by atoms with van der Waals surface area (Å²) in [5.74, 6) is 0.899. The minimum Gasteiger partial charge on any atom is -0.324 e. The van der Waals surface area contributed by atoms with Gasteiger partial charge in [0.1, 0.15) is 11.3 Å². The molecule has 0 aliphatic rings. The molecule has 0 spiro atoms. The van der Waals surface area contributed by atoms with E-state index >= 15 is 0 Å². The van der Waals surface area contributed by atoms with E-state index in [4.69, 9.17) is 5.73 Å². The molecule has 13 heavy (non-hydrogen) atoms. The minimum atomic E-state index is 0.463. The molecular formula is C9H12N4. The van der Waals surface area contributed by atoms with Gasteiger partial charge in [0.25, 0.3) is 0 Å². The van der Waals surface area contributed by atoms with Crippen molar-refractivity contribution in [2.24, 2.45) is 5.73 Å². The van der Waals surface area contributed by atoms with Crippen LogP contribution in [0.5, 0.6) is 0 Å². The molecule has 2 aromatic heterocycles. The number of rotatable bonds is 2. The van der Waals surface area contributed by atoms with Gasteiger partial charge in [0.05, 0.1) is 6.54 Å². The Hall–Kier alpha value is -1.42. The van der Waals surface area contributed by atoms with Crippen LogP contribution < -0.4 is 5.73 Å². The predicted molar refractivity (Wildman–Crippen MR) is 51.1 cm³/mol. The topological polar surface area (TPSA) is 56.7 Å². The lowest BCUT2D eigenvalue weighted by molar-refractivity contribution is 0.712. The van der Waals surface area contributed by atoms with Crippen LogP contribution in [0.3, 0.4) is 0 Å². The fourth-order valence-corrected chi connectivity index (χ4v) is 1.49. The summed E-state index contributed by atoms with van der Waals surface area (Å²) >= 11 is 0. The molecule has 0 aromatic carbocycles. The molecule has 68 valence electrons. The molecule has 2 heterocycles. The summed E-state index contributed by atoms with van der Waals surface area (Å²) in [6.07, 6.45) is 1.77. The average molecular weight is 176 g/mol. The summed E-state index contributed by atoms with van der Waals surface area (Å²) in [4.78, 5) is 8.64. The second-order valence-corrected chi connectivity index (χ2v) is 2.82. The molecule has 0 unspecified atom stereocenters. The number of nitrogens with zero attached hydrogens (tertiary/aromatic N) is 3. The zero-order chi connectivity index (χ0) is 9.26. The van der Waals surface area contributed by atoms with Crippen molar-refractivity contribution in [3.05, 3.63) is 24.2 Å². The van der Waals surface area contributed by atoms with Crippen molar-refractivity contribution in [2.45, 2.75) is 20.0 Å². The summed E-state index contributed by atoms with van der Waals surface area (Å²) in [7, 11) is 0. The highest BCUT2D eigenvalue weighted by molar-refractivity contribution is 5.71. The van der Waals surface area contributed by atoms with Gasteiger partial charge in [-0.2, -0.15) is 0 Å². The summed E-state index contributed by atoms with van der Waals surface area (Å²) in [5, 5.41) is 0. The normalized spacial score (nSPS) is 10.9. The van der Waals surface area contributed by atoms with E-state index in [1.165, 1.54) is 0 Å². The van der Waals surface area contributed by atoms with Crippen LogP contribution in [0.15, 0.2) is 18.3 Å². The Balaban J connectivity index is 2.73. The van der Waals surface area contributed by atoms with Gasteiger partial charge in [0.15, 0.2) is 5.65 Å². The smallest absolute Gasteiger partial charge is 0.160 e. The minimum absolute atomic E-state index is 0.463. The van der Waals surface area contributed by atoms with Gasteiger partial charge in [-0.25, -0.2) is 9.97 Å². The third-order valence-electron chi connectivity index (χ3n) is 2.08. The molecule has 0 saturated carbocycles. The number of aryl methyl sites for hydroxylation is 1. The van der Waals surface area contributed by atoms with Crippen molar-refractivity contribution in [3.8, 4) is 0 Å². The first-order chi connectivity index (χ1) is 6.36. The number of imidazole rings is 1. The lowest BCUT2D eigenvalue weighted by atomic mass is 10.4. The number of nitrogens with two attached hydrogens (primary N) is 1. The van der Waals surface area contributed by atoms with Gasteiger partial charge in [0.2, 0.25) is 0 Å². The third kappa shape index (κ3) is 1.19. The van der Waals surface area contributed by atoms with Crippen LogP contribution in [0.2, 0.25) is 0 Å². The molecule has 0 saturated heterocycles. The number of pyridine rings is 1. The molecule has 2 aromatic rings. The highest BCUT2D eigenvalue weighted by atomic mass is 15.1. The van der Waals surface area contributed by atoms with Gasteiger partial charge in [-0.05, 0) is 19.1 Å². The van der Waals surface area contributed by atoms with Gasteiger partial charge >= 0.3 is 0 Å². The van der Waals surface area contributed by atoms with Crippen LogP contribution in [0.1, 0.15) is 12.7 Å². The zero-order valence-electron chi connectivity index (χ0n) is 7.57. The van der Waals surface area contributed by atoms with E-state index in [1.807, 2.05) is 16.7 Å². The molecule has 2 rings (SSSR count). The predicted octanol–water partition coefficient (Wildman–Crippen LogP) is 0.910. The molecule has 4 heteroatoms. The Labute approximate surface area is 76.4 Å². The fourth-order valence-electron chi connectivity index (χ4n) is 1.49. The van der Waals surface area contributed by atoms with Crippen LogP contribution in [0.4, 0.5) is 0 Å². The molecule has 0 atom stereocenters. The number of aromatic nitrogens is 3. The van der Waals surface area contributed by atoms with Gasteiger partial charge in [-0.1, -0.05) is 0 Å². The largest absolute Gasteiger partial charge is 0.324 e. The quantitative estimate of drug-likeness (QED) is 0.740. The van der Waals surface area contributed by atoms with Crippen molar-refractivity contribution in [2.75, 3.05) is 0 Å². The second kappa shape index (κ2) is 3.14. The van der Waals surface area contributed by atoms with Gasteiger partial charge in [0, 0.05) is 12.7 Å². The van der Waals surface area contributed by atoms with Crippen molar-refractivity contribution >= 4 is 11.2 Å². The highest BCUT2D eigenvalue weighted by Crippen LogP contribution is 2.12. The summed E-state index contributed by atoms with van der Waals surface area (Å²) in [6.45, 7) is 3.39. The maximum atomic E-state index is 5.58. The van der Waals surface area contributed by atoms with E-state index in [-0.39, 0.29) is 0 Å². The Morgan fingerprint density at radius 3 is 3.08 bits per heavy atom. The van der Waals surface area contributed by atoms with Gasteiger partial charge in [-0.3, -0.25) is 0 Å². The lowest BCUT2D eigenvalue weighted by Gasteiger charge is -2.01. The average Bonchev–Trinajstić information content (AvgIpc) is 2.55. The maximum absolute atomic E-state index is 5.58. The van der Waals surface area contributed by atoms with Crippen molar-refractivity contribution in [3.63, 3.8) is 0 Å². The molecule has 0 fully saturated rings. The van der Waals surface area contributed by atoms with Crippen molar-refractivity contribution < 1.29 is 0 Å². The second-order valence-electron chi connectivity index (χ2n) is 2.82. The first kappa shape index (κ1) is 8.19. The fraction of sp³-hybridized carbons (Fsp3) is 0.333. The van der Waals surface area contributed by atoms with Crippen molar-refractivity contribution in [1.82, 2.24) is 14.5 Å². The molecular weight excluding hydrogens is 164 g/mol. The SMILES string of the molecule is CCn1c(CN)nc2cccnc21. The molecule has 0 aliphatic heterocycles.